The van der Waals surface area contributed by atoms with Crippen molar-refractivity contribution in [1.82, 2.24) is 10.2 Å². The van der Waals surface area contributed by atoms with Gasteiger partial charge >= 0.3 is 0 Å². The fraction of sp³-hybridized carbons (Fsp3) is 0.600. The fourth-order valence-corrected chi connectivity index (χ4v) is 2.80. The zero-order chi connectivity index (χ0) is 11.5. The fourth-order valence-electron chi connectivity index (χ4n) is 2.80. The normalized spacial score (nSPS) is 24.4. The van der Waals surface area contributed by atoms with Crippen LogP contribution in [-0.4, -0.2) is 30.1 Å². The lowest BCUT2D eigenvalue weighted by Gasteiger charge is -2.25. The van der Waals surface area contributed by atoms with Crippen molar-refractivity contribution < 1.29 is 0 Å². The van der Waals surface area contributed by atoms with Crippen LogP contribution in [0.1, 0.15) is 31.2 Å². The Hall–Kier alpha value is -0.860. The first kappa shape index (κ1) is 11.2. The molecule has 1 heterocycles. The molecule has 1 saturated carbocycles. The summed E-state index contributed by atoms with van der Waals surface area (Å²) in [6.45, 7) is 3.58. The number of rotatable bonds is 5. The van der Waals surface area contributed by atoms with Gasteiger partial charge in [0.15, 0.2) is 0 Å². The molecule has 1 N–H and O–H groups in total. The minimum atomic E-state index is 0.735. The molecular weight excluding hydrogens is 208 g/mol. The Morgan fingerprint density at radius 1 is 1.12 bits per heavy atom. The van der Waals surface area contributed by atoms with Gasteiger partial charge in [-0.3, -0.25) is 4.90 Å². The van der Waals surface area contributed by atoms with E-state index in [1.807, 2.05) is 0 Å². The summed E-state index contributed by atoms with van der Waals surface area (Å²) < 4.78 is 0. The Morgan fingerprint density at radius 2 is 1.94 bits per heavy atom. The molecule has 2 heteroatoms. The molecule has 0 unspecified atom stereocenters. The molecule has 1 aliphatic carbocycles. The van der Waals surface area contributed by atoms with Gasteiger partial charge in [0.2, 0.25) is 0 Å². The first-order valence-electron chi connectivity index (χ1n) is 6.93. The molecule has 1 atom stereocenters. The van der Waals surface area contributed by atoms with Gasteiger partial charge in [0.1, 0.15) is 0 Å². The molecule has 2 nitrogen and oxygen atoms in total. The molecule has 1 aromatic rings. The molecule has 0 amide bonds. The van der Waals surface area contributed by atoms with Gasteiger partial charge in [-0.2, -0.15) is 0 Å². The molecule has 0 radical (unpaired) electrons. The molecule has 92 valence electrons. The number of nitrogens with zero attached hydrogens (tertiary/aromatic N) is 1. The van der Waals surface area contributed by atoms with Crippen LogP contribution in [0.5, 0.6) is 0 Å². The quantitative estimate of drug-likeness (QED) is 0.835. The van der Waals surface area contributed by atoms with Crippen LogP contribution in [0.2, 0.25) is 0 Å². The maximum atomic E-state index is 3.61. The first-order chi connectivity index (χ1) is 8.42. The summed E-state index contributed by atoms with van der Waals surface area (Å²) in [5.41, 5.74) is 1.46. The van der Waals surface area contributed by atoms with Gasteiger partial charge in [-0.1, -0.05) is 30.3 Å². The summed E-state index contributed by atoms with van der Waals surface area (Å²) in [5, 5.41) is 3.61. The van der Waals surface area contributed by atoms with E-state index in [1.54, 1.807) is 0 Å². The van der Waals surface area contributed by atoms with Crippen LogP contribution in [-0.2, 0) is 6.54 Å². The van der Waals surface area contributed by atoms with Crippen molar-refractivity contribution in [2.24, 2.45) is 0 Å². The Labute approximate surface area is 104 Å². The van der Waals surface area contributed by atoms with Crippen LogP contribution in [0, 0.1) is 0 Å². The van der Waals surface area contributed by atoms with Gasteiger partial charge in [0.25, 0.3) is 0 Å². The summed E-state index contributed by atoms with van der Waals surface area (Å²) in [5.74, 6) is 0. The standard InChI is InChI=1S/C15H22N2/c1-2-5-13(6-3-1)11-17(15-8-9-15)12-14-7-4-10-16-14/h1-3,5-6,14-16H,4,7-12H2/t14-/m0/s1. The average Bonchev–Trinajstić information content (AvgIpc) is 3.09. The largest absolute Gasteiger partial charge is 0.313 e. The third-order valence-electron chi connectivity index (χ3n) is 3.91. The van der Waals surface area contributed by atoms with Crippen molar-refractivity contribution in [3.63, 3.8) is 0 Å². The van der Waals surface area contributed by atoms with Crippen molar-refractivity contribution in [2.75, 3.05) is 13.1 Å². The van der Waals surface area contributed by atoms with E-state index in [9.17, 15) is 0 Å². The Bertz CT molecular complexity index is 339. The molecule has 2 fully saturated rings. The zero-order valence-electron chi connectivity index (χ0n) is 10.4. The lowest BCUT2D eigenvalue weighted by atomic mass is 10.1. The van der Waals surface area contributed by atoms with E-state index in [0.717, 1.165) is 18.6 Å². The van der Waals surface area contributed by atoms with E-state index in [0.29, 0.717) is 0 Å². The number of hydrogen-bond donors (Lipinski definition) is 1. The van der Waals surface area contributed by atoms with Crippen LogP contribution < -0.4 is 5.32 Å². The van der Waals surface area contributed by atoms with Gasteiger partial charge in [0, 0.05) is 25.2 Å². The molecular formula is C15H22N2. The average molecular weight is 230 g/mol. The Kier molecular flexibility index (Phi) is 3.44. The van der Waals surface area contributed by atoms with Crippen LogP contribution in [0.3, 0.4) is 0 Å². The van der Waals surface area contributed by atoms with E-state index in [4.69, 9.17) is 0 Å². The minimum Gasteiger partial charge on any atom is -0.313 e. The van der Waals surface area contributed by atoms with E-state index in [2.05, 4.69) is 40.5 Å². The topological polar surface area (TPSA) is 15.3 Å². The van der Waals surface area contributed by atoms with Crippen molar-refractivity contribution in [3.05, 3.63) is 35.9 Å². The van der Waals surface area contributed by atoms with Crippen LogP contribution in [0.25, 0.3) is 0 Å². The SMILES string of the molecule is c1ccc(CN(C[C@@H]2CCCN2)C2CC2)cc1. The second kappa shape index (κ2) is 5.19. The highest BCUT2D eigenvalue weighted by atomic mass is 15.2. The van der Waals surface area contributed by atoms with Crippen LogP contribution in [0.4, 0.5) is 0 Å². The molecule has 1 aliphatic heterocycles. The van der Waals surface area contributed by atoms with Gasteiger partial charge in [-0.25, -0.2) is 0 Å². The zero-order valence-corrected chi connectivity index (χ0v) is 10.4. The second-order valence-electron chi connectivity index (χ2n) is 5.44. The summed E-state index contributed by atoms with van der Waals surface area (Å²) in [6, 6.07) is 12.5. The van der Waals surface area contributed by atoms with Crippen LogP contribution in [0.15, 0.2) is 30.3 Å². The number of benzene rings is 1. The van der Waals surface area contributed by atoms with Crippen molar-refractivity contribution in [2.45, 2.75) is 44.3 Å². The minimum absolute atomic E-state index is 0.735. The van der Waals surface area contributed by atoms with E-state index in [1.165, 1.54) is 44.3 Å². The summed E-state index contributed by atoms with van der Waals surface area (Å²) >= 11 is 0. The molecule has 0 bridgehead atoms. The molecule has 3 rings (SSSR count). The highest BCUT2D eigenvalue weighted by molar-refractivity contribution is 5.15. The predicted octanol–water partition coefficient (Wildman–Crippen LogP) is 2.40. The molecule has 1 saturated heterocycles. The van der Waals surface area contributed by atoms with Crippen LogP contribution >= 0.6 is 0 Å². The van der Waals surface area contributed by atoms with Gasteiger partial charge < -0.3 is 5.32 Å². The maximum Gasteiger partial charge on any atom is 0.0237 e. The third-order valence-corrected chi connectivity index (χ3v) is 3.91. The Morgan fingerprint density at radius 3 is 2.59 bits per heavy atom. The summed E-state index contributed by atoms with van der Waals surface area (Å²) in [4.78, 5) is 2.68. The monoisotopic (exact) mass is 230 g/mol. The maximum absolute atomic E-state index is 3.61. The van der Waals surface area contributed by atoms with Gasteiger partial charge in [-0.05, 0) is 37.8 Å². The molecule has 1 aromatic carbocycles. The molecule has 0 aromatic heterocycles. The van der Waals surface area contributed by atoms with E-state index < -0.39 is 0 Å². The lowest BCUT2D eigenvalue weighted by molar-refractivity contribution is 0.231. The van der Waals surface area contributed by atoms with Crippen molar-refractivity contribution >= 4 is 0 Å². The second-order valence-corrected chi connectivity index (χ2v) is 5.44. The summed E-state index contributed by atoms with van der Waals surface area (Å²) in [7, 11) is 0. The smallest absolute Gasteiger partial charge is 0.0237 e. The lowest BCUT2D eigenvalue weighted by Crippen LogP contribution is -2.38. The molecule has 17 heavy (non-hydrogen) atoms. The third kappa shape index (κ3) is 3.08. The highest BCUT2D eigenvalue weighted by Gasteiger charge is 2.31. The Balaban J connectivity index is 1.60. The highest BCUT2D eigenvalue weighted by Crippen LogP contribution is 2.29. The molecule has 2 aliphatic rings. The van der Waals surface area contributed by atoms with Gasteiger partial charge in [-0.15, -0.1) is 0 Å². The number of hydrogen-bond acceptors (Lipinski definition) is 2. The predicted molar refractivity (Wildman–Crippen MR) is 70.9 cm³/mol. The van der Waals surface area contributed by atoms with Crippen molar-refractivity contribution in [3.8, 4) is 0 Å². The van der Waals surface area contributed by atoms with Crippen molar-refractivity contribution in [1.29, 1.82) is 0 Å². The first-order valence-corrected chi connectivity index (χ1v) is 6.93. The van der Waals surface area contributed by atoms with E-state index in [-0.39, 0.29) is 0 Å². The van der Waals surface area contributed by atoms with Gasteiger partial charge in [0.05, 0.1) is 0 Å². The number of nitrogens with one attached hydrogen (secondary N) is 1. The molecule has 0 spiro atoms. The summed E-state index contributed by atoms with van der Waals surface area (Å²) in [6.07, 6.45) is 5.52. The van der Waals surface area contributed by atoms with E-state index >= 15 is 0 Å².